The van der Waals surface area contributed by atoms with E-state index in [1.165, 1.54) is 32.1 Å². The second-order valence-corrected chi connectivity index (χ2v) is 5.31. The second kappa shape index (κ2) is 4.99. The number of hydrogen-bond acceptors (Lipinski definition) is 4. The molecule has 0 saturated heterocycles. The molecule has 2 N–H and O–H groups in total. The van der Waals surface area contributed by atoms with Gasteiger partial charge < -0.3 is 5.73 Å². The molecule has 1 saturated carbocycles. The van der Waals surface area contributed by atoms with Crippen molar-refractivity contribution in [1.29, 1.82) is 0 Å². The molecule has 0 unspecified atom stereocenters. The molecule has 5 heteroatoms. The summed E-state index contributed by atoms with van der Waals surface area (Å²) in [5.74, 6) is 0.832. The number of aryl methyl sites for hydroxylation is 1. The molecule has 0 radical (unpaired) electrons. The number of nitrogens with two attached hydrogens (primary N) is 1. The monoisotopic (exact) mass is 257 g/mol. The lowest BCUT2D eigenvalue weighted by Crippen LogP contribution is -2.15. The largest absolute Gasteiger partial charge is 0.398 e. The molecule has 1 heterocycles. The number of nitrogen functional groups attached to an aromatic ring is 1. The number of nitrogens with zero attached hydrogens (tertiary/aromatic N) is 4. The first-order chi connectivity index (χ1) is 9.25. The van der Waals surface area contributed by atoms with Crippen molar-refractivity contribution in [3.63, 3.8) is 0 Å². The van der Waals surface area contributed by atoms with Crippen molar-refractivity contribution in [2.24, 2.45) is 0 Å². The molecule has 0 amide bonds. The molecule has 100 valence electrons. The Morgan fingerprint density at radius 2 is 2.00 bits per heavy atom. The molecule has 1 aliphatic carbocycles. The van der Waals surface area contributed by atoms with Gasteiger partial charge in [0.25, 0.3) is 0 Å². The minimum atomic E-state index is 0.432. The van der Waals surface area contributed by atoms with Gasteiger partial charge in [-0.25, -0.2) is 4.68 Å². The SMILES string of the molecule is Cc1ccc(-c2nnnn2C2CCCCC2)cc1N. The Hall–Kier alpha value is -1.91. The summed E-state index contributed by atoms with van der Waals surface area (Å²) in [6.45, 7) is 2.00. The summed E-state index contributed by atoms with van der Waals surface area (Å²) in [5, 5.41) is 12.2. The molecule has 1 fully saturated rings. The van der Waals surface area contributed by atoms with E-state index in [2.05, 4.69) is 15.5 Å². The molecule has 2 aromatic rings. The third-order valence-electron chi connectivity index (χ3n) is 3.95. The van der Waals surface area contributed by atoms with Gasteiger partial charge in [0.15, 0.2) is 5.82 Å². The molecule has 0 bridgehead atoms. The van der Waals surface area contributed by atoms with E-state index in [4.69, 9.17) is 5.73 Å². The third kappa shape index (κ3) is 2.32. The molecule has 3 rings (SSSR count). The van der Waals surface area contributed by atoms with E-state index >= 15 is 0 Å². The van der Waals surface area contributed by atoms with E-state index in [1.54, 1.807) is 0 Å². The summed E-state index contributed by atoms with van der Waals surface area (Å²) >= 11 is 0. The summed E-state index contributed by atoms with van der Waals surface area (Å²) in [5.41, 5.74) is 8.85. The maximum absolute atomic E-state index is 5.98. The lowest BCUT2D eigenvalue weighted by atomic mass is 9.95. The number of hydrogen-bond donors (Lipinski definition) is 1. The first-order valence-electron chi connectivity index (χ1n) is 6.90. The first-order valence-corrected chi connectivity index (χ1v) is 6.90. The van der Waals surface area contributed by atoms with Gasteiger partial charge in [-0.3, -0.25) is 0 Å². The second-order valence-electron chi connectivity index (χ2n) is 5.31. The number of tetrazole rings is 1. The summed E-state index contributed by atoms with van der Waals surface area (Å²) in [6, 6.07) is 6.45. The molecule has 1 aromatic heterocycles. The van der Waals surface area contributed by atoms with Crippen molar-refractivity contribution in [3.05, 3.63) is 23.8 Å². The zero-order chi connectivity index (χ0) is 13.2. The average Bonchev–Trinajstić information content (AvgIpc) is 2.92. The van der Waals surface area contributed by atoms with Crippen molar-refractivity contribution in [3.8, 4) is 11.4 Å². The number of benzene rings is 1. The summed E-state index contributed by atoms with van der Waals surface area (Å²) < 4.78 is 1.98. The topological polar surface area (TPSA) is 69.6 Å². The van der Waals surface area contributed by atoms with Crippen LogP contribution in [0.2, 0.25) is 0 Å². The Labute approximate surface area is 112 Å². The highest BCUT2D eigenvalue weighted by Crippen LogP contribution is 2.31. The highest BCUT2D eigenvalue weighted by molar-refractivity contribution is 5.63. The van der Waals surface area contributed by atoms with Gasteiger partial charge in [0.2, 0.25) is 0 Å². The highest BCUT2D eigenvalue weighted by Gasteiger charge is 2.20. The van der Waals surface area contributed by atoms with Crippen LogP contribution in [0.15, 0.2) is 18.2 Å². The van der Waals surface area contributed by atoms with Crippen molar-refractivity contribution >= 4 is 5.69 Å². The first kappa shape index (κ1) is 12.1. The Kier molecular flexibility index (Phi) is 3.19. The molecule has 0 spiro atoms. The molecule has 5 nitrogen and oxygen atoms in total. The van der Waals surface area contributed by atoms with Crippen LogP contribution in [0.25, 0.3) is 11.4 Å². The Bertz CT molecular complexity index is 569. The highest BCUT2D eigenvalue weighted by atomic mass is 15.5. The van der Waals surface area contributed by atoms with E-state index in [9.17, 15) is 0 Å². The minimum absolute atomic E-state index is 0.432. The summed E-state index contributed by atoms with van der Waals surface area (Å²) in [4.78, 5) is 0. The fourth-order valence-electron chi connectivity index (χ4n) is 2.73. The van der Waals surface area contributed by atoms with Crippen LogP contribution in [0.1, 0.15) is 43.7 Å². The van der Waals surface area contributed by atoms with Crippen molar-refractivity contribution in [2.45, 2.75) is 45.1 Å². The predicted octanol–water partition coefficient (Wildman–Crippen LogP) is 2.74. The van der Waals surface area contributed by atoms with E-state index in [-0.39, 0.29) is 0 Å². The van der Waals surface area contributed by atoms with Gasteiger partial charge >= 0.3 is 0 Å². The van der Waals surface area contributed by atoms with Gasteiger partial charge in [-0.15, -0.1) is 5.10 Å². The lowest BCUT2D eigenvalue weighted by molar-refractivity contribution is 0.327. The van der Waals surface area contributed by atoms with Crippen LogP contribution < -0.4 is 5.73 Å². The van der Waals surface area contributed by atoms with Crippen LogP contribution in [0.3, 0.4) is 0 Å². The lowest BCUT2D eigenvalue weighted by Gasteiger charge is -2.22. The number of aromatic nitrogens is 4. The van der Waals surface area contributed by atoms with Gasteiger partial charge in [0, 0.05) is 11.3 Å². The predicted molar refractivity (Wildman–Crippen MR) is 74.5 cm³/mol. The molecular formula is C14H19N5. The van der Waals surface area contributed by atoms with Crippen molar-refractivity contribution < 1.29 is 0 Å². The van der Waals surface area contributed by atoms with E-state index in [1.807, 2.05) is 29.8 Å². The third-order valence-corrected chi connectivity index (χ3v) is 3.95. The quantitative estimate of drug-likeness (QED) is 0.840. The fourth-order valence-corrected chi connectivity index (χ4v) is 2.73. The fraction of sp³-hybridized carbons (Fsp3) is 0.500. The van der Waals surface area contributed by atoms with Gasteiger partial charge in [-0.05, 0) is 41.8 Å². The van der Waals surface area contributed by atoms with Crippen LogP contribution in [0.5, 0.6) is 0 Å². The van der Waals surface area contributed by atoms with E-state index in [0.717, 1.165) is 22.6 Å². The molecule has 1 aliphatic rings. The van der Waals surface area contributed by atoms with Gasteiger partial charge in [0.05, 0.1) is 6.04 Å². The van der Waals surface area contributed by atoms with Crippen molar-refractivity contribution in [1.82, 2.24) is 20.2 Å². The normalized spacial score (nSPS) is 16.7. The minimum Gasteiger partial charge on any atom is -0.398 e. The standard InChI is InChI=1S/C14H19N5/c1-10-7-8-11(9-13(10)15)14-16-17-18-19(14)12-5-3-2-4-6-12/h7-9,12H,2-6,15H2,1H3. The number of rotatable bonds is 2. The van der Waals surface area contributed by atoms with Crippen LogP contribution in [-0.2, 0) is 0 Å². The summed E-state index contributed by atoms with van der Waals surface area (Å²) in [7, 11) is 0. The average molecular weight is 257 g/mol. The molecule has 1 aromatic carbocycles. The van der Waals surface area contributed by atoms with Crippen LogP contribution in [0, 0.1) is 6.92 Å². The maximum Gasteiger partial charge on any atom is 0.182 e. The Morgan fingerprint density at radius 3 is 2.74 bits per heavy atom. The Morgan fingerprint density at radius 1 is 1.21 bits per heavy atom. The van der Waals surface area contributed by atoms with E-state index in [0.29, 0.717) is 6.04 Å². The van der Waals surface area contributed by atoms with Gasteiger partial charge in [-0.2, -0.15) is 0 Å². The van der Waals surface area contributed by atoms with Crippen molar-refractivity contribution in [2.75, 3.05) is 5.73 Å². The zero-order valence-electron chi connectivity index (χ0n) is 11.2. The van der Waals surface area contributed by atoms with Crippen LogP contribution in [-0.4, -0.2) is 20.2 Å². The maximum atomic E-state index is 5.98. The van der Waals surface area contributed by atoms with E-state index < -0.39 is 0 Å². The van der Waals surface area contributed by atoms with Crippen LogP contribution >= 0.6 is 0 Å². The molecule has 0 atom stereocenters. The molecule has 19 heavy (non-hydrogen) atoms. The summed E-state index contributed by atoms with van der Waals surface area (Å²) in [6.07, 6.45) is 6.18. The molecular weight excluding hydrogens is 238 g/mol. The van der Waals surface area contributed by atoms with Crippen LogP contribution in [0.4, 0.5) is 5.69 Å². The number of anilines is 1. The van der Waals surface area contributed by atoms with Gasteiger partial charge in [-0.1, -0.05) is 31.4 Å². The van der Waals surface area contributed by atoms with Gasteiger partial charge in [0.1, 0.15) is 0 Å². The Balaban J connectivity index is 1.96. The zero-order valence-corrected chi connectivity index (χ0v) is 11.2. The smallest absolute Gasteiger partial charge is 0.182 e. The molecule has 0 aliphatic heterocycles.